The number of sulfonamides is 1. The monoisotopic (exact) mass is 326 g/mol. The molecule has 0 saturated carbocycles. The fourth-order valence-corrected chi connectivity index (χ4v) is 4.27. The number of nitrogens with one attached hydrogen (secondary N) is 1. The maximum Gasteiger partial charge on any atom is 0.270 e. The number of hydrogen-bond donors (Lipinski definition) is 1. The van der Waals surface area contributed by atoms with Gasteiger partial charge in [-0.15, -0.1) is 17.8 Å². The van der Waals surface area contributed by atoms with Gasteiger partial charge in [0.15, 0.2) is 0 Å². The highest BCUT2D eigenvalue weighted by Crippen LogP contribution is 2.28. The molecule has 0 radical (unpaired) electrons. The van der Waals surface area contributed by atoms with Crippen LogP contribution < -0.4 is 5.43 Å². The fourth-order valence-electron chi connectivity index (χ4n) is 1.47. The number of thiophene rings is 1. The zero-order chi connectivity index (χ0) is 14.6. The van der Waals surface area contributed by atoms with Gasteiger partial charge < -0.3 is 5.43 Å². The summed E-state index contributed by atoms with van der Waals surface area (Å²) in [5.41, 5.74) is 3.43. The van der Waals surface area contributed by atoms with Crippen LogP contribution in [-0.4, -0.2) is 19.4 Å². The van der Waals surface area contributed by atoms with E-state index in [1.54, 1.807) is 24.3 Å². The van der Waals surface area contributed by atoms with Gasteiger partial charge in [0.05, 0.1) is 16.6 Å². The Morgan fingerprint density at radius 2 is 1.95 bits per heavy atom. The van der Waals surface area contributed by atoms with Gasteiger partial charge in [0, 0.05) is 0 Å². The molecule has 0 amide bonds. The number of para-hydroxylation sites is 1. The Morgan fingerprint density at radius 3 is 2.50 bits per heavy atom. The van der Waals surface area contributed by atoms with Crippen molar-refractivity contribution in [1.29, 1.82) is 0 Å². The van der Waals surface area contributed by atoms with Crippen molar-refractivity contribution >= 4 is 38.6 Å². The van der Waals surface area contributed by atoms with Crippen LogP contribution in [0.5, 0.6) is 0 Å². The Balaban J connectivity index is 2.31. The van der Waals surface area contributed by atoms with E-state index in [2.05, 4.69) is 11.3 Å². The van der Waals surface area contributed by atoms with Crippen LogP contribution in [0.15, 0.2) is 46.7 Å². The van der Waals surface area contributed by atoms with Crippen LogP contribution in [0.2, 0.25) is 4.34 Å². The van der Waals surface area contributed by atoms with Gasteiger partial charge in [-0.1, -0.05) is 40.1 Å². The van der Waals surface area contributed by atoms with Crippen molar-refractivity contribution < 1.29 is 8.42 Å². The summed E-state index contributed by atoms with van der Waals surface area (Å²) in [5.74, 6) is 2.33. The van der Waals surface area contributed by atoms with Crippen LogP contribution in [0, 0.1) is 12.3 Å². The van der Waals surface area contributed by atoms with Crippen molar-refractivity contribution in [2.24, 2.45) is 0 Å². The third kappa shape index (κ3) is 3.32. The molecule has 0 fully saturated rings. The number of anilines is 1. The second-order valence-corrected chi connectivity index (χ2v) is 7.56. The Morgan fingerprint density at radius 1 is 1.25 bits per heavy atom. The quantitative estimate of drug-likeness (QED) is 0.678. The largest absolute Gasteiger partial charge is 0.304 e. The summed E-state index contributed by atoms with van der Waals surface area (Å²) in [6, 6.07) is 11.9. The second-order valence-electron chi connectivity index (χ2n) is 3.75. The van der Waals surface area contributed by atoms with Crippen molar-refractivity contribution in [3.05, 3.63) is 46.8 Å². The van der Waals surface area contributed by atoms with Crippen LogP contribution in [-0.2, 0) is 10.0 Å². The lowest BCUT2D eigenvalue weighted by Gasteiger charge is -2.20. The first kappa shape index (κ1) is 14.9. The van der Waals surface area contributed by atoms with Gasteiger partial charge in [-0.3, -0.25) is 0 Å². The zero-order valence-electron chi connectivity index (χ0n) is 10.3. The van der Waals surface area contributed by atoms with Gasteiger partial charge >= 0.3 is 0 Å². The highest BCUT2D eigenvalue weighted by Gasteiger charge is 2.25. The molecule has 104 valence electrons. The fraction of sp³-hybridized carbons (Fsp3) is 0.0769. The minimum atomic E-state index is -3.73. The molecular weight excluding hydrogens is 316 g/mol. The van der Waals surface area contributed by atoms with Gasteiger partial charge in [-0.25, -0.2) is 8.42 Å². The molecule has 0 aliphatic carbocycles. The maximum atomic E-state index is 12.5. The molecule has 4 nitrogen and oxygen atoms in total. The molecule has 2 aromatic rings. The van der Waals surface area contributed by atoms with Crippen molar-refractivity contribution in [3.8, 4) is 12.3 Å². The molecule has 20 heavy (non-hydrogen) atoms. The SMILES string of the molecule is C#CCN(Nc1ccccc1)S(=O)(=O)c1ccc(Cl)s1. The Hall–Kier alpha value is -1.52. The van der Waals surface area contributed by atoms with E-state index >= 15 is 0 Å². The molecule has 0 aliphatic heterocycles. The van der Waals surface area contributed by atoms with E-state index < -0.39 is 10.0 Å². The topological polar surface area (TPSA) is 49.4 Å². The van der Waals surface area contributed by atoms with E-state index in [0.717, 1.165) is 15.8 Å². The van der Waals surface area contributed by atoms with E-state index in [1.165, 1.54) is 12.1 Å². The average Bonchev–Trinajstić information content (AvgIpc) is 2.87. The summed E-state index contributed by atoms with van der Waals surface area (Å²) in [6.45, 7) is -0.0905. The zero-order valence-corrected chi connectivity index (χ0v) is 12.7. The molecule has 1 aromatic heterocycles. The van der Waals surface area contributed by atoms with Gasteiger partial charge in [0.1, 0.15) is 4.21 Å². The lowest BCUT2D eigenvalue weighted by molar-refractivity contribution is 0.500. The maximum absolute atomic E-state index is 12.5. The second kappa shape index (κ2) is 6.29. The number of hydrogen-bond acceptors (Lipinski definition) is 4. The van der Waals surface area contributed by atoms with Gasteiger partial charge in [0.2, 0.25) is 0 Å². The molecule has 0 unspecified atom stereocenters. The molecule has 0 saturated heterocycles. The molecule has 0 bridgehead atoms. The first-order chi connectivity index (χ1) is 9.54. The highest BCUT2D eigenvalue weighted by atomic mass is 35.5. The highest BCUT2D eigenvalue weighted by molar-refractivity contribution is 7.91. The van der Waals surface area contributed by atoms with Crippen molar-refractivity contribution in [2.75, 3.05) is 12.0 Å². The number of benzene rings is 1. The van der Waals surface area contributed by atoms with Gasteiger partial charge in [-0.05, 0) is 24.3 Å². The van der Waals surface area contributed by atoms with Crippen LogP contribution >= 0.6 is 22.9 Å². The summed E-state index contributed by atoms with van der Waals surface area (Å²) < 4.78 is 26.5. The van der Waals surface area contributed by atoms with E-state index in [-0.39, 0.29) is 10.8 Å². The Bertz CT molecular complexity index is 720. The Kier molecular flexibility index (Phi) is 4.68. The molecule has 2 rings (SSSR count). The standard InChI is InChI=1S/C13H11ClN2O2S2/c1-2-10-16(15-11-6-4-3-5-7-11)20(17,18)13-9-8-12(14)19-13/h1,3-9,15H,10H2. The minimum absolute atomic E-state index is 0.0905. The lowest BCUT2D eigenvalue weighted by Crippen LogP contribution is -2.36. The van der Waals surface area contributed by atoms with Crippen molar-refractivity contribution in [2.45, 2.75) is 4.21 Å². The molecule has 1 aromatic carbocycles. The Labute approximate surface area is 127 Å². The molecule has 0 atom stereocenters. The van der Waals surface area contributed by atoms with E-state index in [0.29, 0.717) is 10.0 Å². The molecular formula is C13H11ClN2O2S2. The molecule has 7 heteroatoms. The molecule has 1 heterocycles. The number of terminal acetylenes is 1. The summed E-state index contributed by atoms with van der Waals surface area (Å²) in [7, 11) is -3.73. The third-order valence-electron chi connectivity index (χ3n) is 2.36. The summed E-state index contributed by atoms with van der Waals surface area (Å²) in [5, 5.41) is 0. The average molecular weight is 327 g/mol. The number of nitrogens with zero attached hydrogens (tertiary/aromatic N) is 1. The summed E-state index contributed by atoms with van der Waals surface area (Å²) in [4.78, 5) is 0. The third-order valence-corrected chi connectivity index (χ3v) is 5.71. The lowest BCUT2D eigenvalue weighted by atomic mass is 10.3. The van der Waals surface area contributed by atoms with Crippen LogP contribution in [0.3, 0.4) is 0 Å². The smallest absolute Gasteiger partial charge is 0.270 e. The minimum Gasteiger partial charge on any atom is -0.304 e. The van der Waals surface area contributed by atoms with E-state index in [4.69, 9.17) is 18.0 Å². The van der Waals surface area contributed by atoms with E-state index in [1.807, 2.05) is 6.07 Å². The normalized spacial score (nSPS) is 11.2. The first-order valence-corrected chi connectivity index (χ1v) is 8.21. The molecule has 0 spiro atoms. The summed E-state index contributed by atoms with van der Waals surface area (Å²) in [6.07, 6.45) is 5.24. The predicted octanol–water partition coefficient (Wildman–Crippen LogP) is 3.05. The summed E-state index contributed by atoms with van der Waals surface area (Å²) >= 11 is 6.77. The van der Waals surface area contributed by atoms with E-state index in [9.17, 15) is 8.42 Å². The van der Waals surface area contributed by atoms with Gasteiger partial charge in [0.25, 0.3) is 10.0 Å². The van der Waals surface area contributed by atoms with Crippen molar-refractivity contribution in [3.63, 3.8) is 0 Å². The van der Waals surface area contributed by atoms with Gasteiger partial charge in [-0.2, -0.15) is 0 Å². The molecule has 1 N–H and O–H groups in total. The van der Waals surface area contributed by atoms with Crippen molar-refractivity contribution in [1.82, 2.24) is 4.41 Å². The number of rotatable bonds is 5. The number of hydrazine groups is 1. The number of halogens is 1. The predicted molar refractivity (Wildman–Crippen MR) is 82.1 cm³/mol. The van der Waals surface area contributed by atoms with Crippen LogP contribution in [0.25, 0.3) is 0 Å². The first-order valence-electron chi connectivity index (χ1n) is 5.57. The molecule has 0 aliphatic rings. The van der Waals surface area contributed by atoms with Crippen LogP contribution in [0.1, 0.15) is 0 Å². The van der Waals surface area contributed by atoms with Crippen LogP contribution in [0.4, 0.5) is 5.69 Å².